The molecule has 0 spiro atoms. The minimum absolute atomic E-state index is 0.267. The summed E-state index contributed by atoms with van der Waals surface area (Å²) in [4.78, 5) is 0. The minimum atomic E-state index is 0.267. The summed E-state index contributed by atoms with van der Waals surface area (Å²) in [7, 11) is 1.83. The molecule has 1 aliphatic rings. The van der Waals surface area contributed by atoms with E-state index in [1.807, 2.05) is 19.2 Å². The quantitative estimate of drug-likeness (QED) is 0.876. The topological polar surface area (TPSA) is 75.2 Å². The molecule has 0 aliphatic carbocycles. The Morgan fingerprint density at radius 2 is 2.30 bits per heavy atom. The molecule has 0 amide bonds. The molecule has 0 saturated carbocycles. The lowest BCUT2D eigenvalue weighted by atomic mass is 10.1. The number of nitrogens with zero attached hydrogens (tertiary/aromatic N) is 3. The van der Waals surface area contributed by atoms with E-state index in [9.17, 15) is 0 Å². The van der Waals surface area contributed by atoms with E-state index in [1.165, 1.54) is 11.8 Å². The number of rotatable bonds is 3. The summed E-state index contributed by atoms with van der Waals surface area (Å²) in [6.07, 6.45) is 0. The number of hydrogen-bond donors (Lipinski definition) is 1. The number of benzene rings is 1. The Hall–Kier alpha value is -1.44. The highest BCUT2D eigenvalue weighted by molar-refractivity contribution is 7.98. The van der Waals surface area contributed by atoms with Crippen LogP contribution in [0.2, 0.25) is 5.02 Å². The molecule has 3 rings (SSSR count). The average molecular weight is 313 g/mol. The van der Waals surface area contributed by atoms with E-state index < -0.39 is 0 Å². The third-order valence-corrected chi connectivity index (χ3v) is 4.26. The summed E-state index contributed by atoms with van der Waals surface area (Å²) in [6, 6.07) is 3.77. The molecule has 2 heterocycles. The standard InChI is InChI=1S/C12H13ClN4O2S/c1-17-11(14)15-16-12(17)20-5-8-3-9(13)2-7-4-18-6-19-10(7)8/h2-3H,4-6H2,1H3,(H2,14,15). The Morgan fingerprint density at radius 3 is 3.05 bits per heavy atom. The van der Waals surface area contributed by atoms with Gasteiger partial charge in [0.25, 0.3) is 0 Å². The van der Waals surface area contributed by atoms with E-state index >= 15 is 0 Å². The monoisotopic (exact) mass is 312 g/mol. The fraction of sp³-hybridized carbons (Fsp3) is 0.333. The van der Waals surface area contributed by atoms with Crippen LogP contribution in [0, 0.1) is 0 Å². The van der Waals surface area contributed by atoms with E-state index in [4.69, 9.17) is 26.8 Å². The second-order valence-electron chi connectivity index (χ2n) is 4.35. The molecule has 6 nitrogen and oxygen atoms in total. The summed E-state index contributed by atoms with van der Waals surface area (Å²) in [5.74, 6) is 1.92. The van der Waals surface area contributed by atoms with Gasteiger partial charge in [-0.25, -0.2) is 0 Å². The van der Waals surface area contributed by atoms with Crippen molar-refractivity contribution < 1.29 is 9.47 Å². The molecular weight excluding hydrogens is 300 g/mol. The lowest BCUT2D eigenvalue weighted by Gasteiger charge is -2.20. The third-order valence-electron chi connectivity index (χ3n) is 2.98. The van der Waals surface area contributed by atoms with Gasteiger partial charge in [-0.3, -0.25) is 4.57 Å². The lowest BCUT2D eigenvalue weighted by molar-refractivity contribution is -0.0168. The summed E-state index contributed by atoms with van der Waals surface area (Å²) >= 11 is 7.66. The van der Waals surface area contributed by atoms with Crippen LogP contribution in [-0.2, 0) is 24.1 Å². The van der Waals surface area contributed by atoms with Crippen molar-refractivity contribution in [2.75, 3.05) is 12.5 Å². The minimum Gasteiger partial charge on any atom is -0.467 e. The molecule has 1 aromatic heterocycles. The van der Waals surface area contributed by atoms with Crippen molar-refractivity contribution in [3.63, 3.8) is 0 Å². The Bertz CT molecular complexity index is 647. The van der Waals surface area contributed by atoms with Gasteiger partial charge in [0, 0.05) is 29.0 Å². The van der Waals surface area contributed by atoms with Crippen molar-refractivity contribution in [1.82, 2.24) is 14.8 Å². The molecule has 0 fully saturated rings. The van der Waals surface area contributed by atoms with Crippen molar-refractivity contribution in [3.05, 3.63) is 28.3 Å². The molecule has 0 atom stereocenters. The van der Waals surface area contributed by atoms with Crippen LogP contribution < -0.4 is 10.5 Å². The third kappa shape index (κ3) is 2.56. The van der Waals surface area contributed by atoms with E-state index in [-0.39, 0.29) is 6.79 Å². The fourth-order valence-corrected chi connectivity index (χ4v) is 3.11. The first kappa shape index (κ1) is 13.5. The Kier molecular flexibility index (Phi) is 3.73. The number of hydrogen-bond acceptors (Lipinski definition) is 6. The van der Waals surface area contributed by atoms with Crippen LogP contribution in [0.25, 0.3) is 0 Å². The van der Waals surface area contributed by atoms with Crippen LogP contribution in [0.4, 0.5) is 5.95 Å². The van der Waals surface area contributed by atoms with Crippen LogP contribution in [0.15, 0.2) is 17.3 Å². The fourth-order valence-electron chi connectivity index (χ4n) is 1.96. The van der Waals surface area contributed by atoms with Gasteiger partial charge in [0.05, 0.1) is 6.61 Å². The zero-order valence-electron chi connectivity index (χ0n) is 10.8. The molecule has 1 aliphatic heterocycles. The molecule has 0 radical (unpaired) electrons. The second-order valence-corrected chi connectivity index (χ2v) is 5.73. The van der Waals surface area contributed by atoms with E-state index in [1.54, 1.807) is 4.57 Å². The molecule has 106 valence electrons. The van der Waals surface area contributed by atoms with E-state index in [0.717, 1.165) is 22.0 Å². The average Bonchev–Trinajstić information content (AvgIpc) is 2.76. The van der Waals surface area contributed by atoms with Crippen molar-refractivity contribution in [2.45, 2.75) is 17.5 Å². The smallest absolute Gasteiger partial charge is 0.222 e. The zero-order valence-corrected chi connectivity index (χ0v) is 12.4. The van der Waals surface area contributed by atoms with Gasteiger partial charge in [0.1, 0.15) is 5.75 Å². The Labute approximate surface area is 125 Å². The van der Waals surface area contributed by atoms with Crippen molar-refractivity contribution >= 4 is 29.3 Å². The summed E-state index contributed by atoms with van der Waals surface area (Å²) < 4.78 is 12.6. The van der Waals surface area contributed by atoms with Crippen molar-refractivity contribution in [2.24, 2.45) is 7.05 Å². The summed E-state index contributed by atoms with van der Waals surface area (Å²) in [5.41, 5.74) is 7.64. The number of aromatic nitrogens is 3. The van der Waals surface area contributed by atoms with Crippen molar-refractivity contribution in [1.29, 1.82) is 0 Å². The number of anilines is 1. The predicted octanol–water partition coefficient (Wildman–Crippen LogP) is 2.21. The molecule has 0 saturated heterocycles. The number of nitrogens with two attached hydrogens (primary N) is 1. The maximum atomic E-state index is 6.13. The second kappa shape index (κ2) is 5.51. The van der Waals surface area contributed by atoms with Gasteiger partial charge in [-0.05, 0) is 12.1 Å². The number of ether oxygens (including phenoxy) is 2. The molecule has 20 heavy (non-hydrogen) atoms. The Morgan fingerprint density at radius 1 is 1.45 bits per heavy atom. The van der Waals surface area contributed by atoms with Gasteiger partial charge < -0.3 is 15.2 Å². The van der Waals surface area contributed by atoms with Crippen LogP contribution in [-0.4, -0.2) is 21.6 Å². The highest BCUT2D eigenvalue weighted by atomic mass is 35.5. The number of fused-ring (bicyclic) bond motifs is 1. The predicted molar refractivity (Wildman–Crippen MR) is 76.7 cm³/mol. The van der Waals surface area contributed by atoms with Gasteiger partial charge in [-0.2, -0.15) is 0 Å². The summed E-state index contributed by atoms with van der Waals surface area (Å²) in [5, 5.41) is 9.27. The van der Waals surface area contributed by atoms with E-state index in [0.29, 0.717) is 23.3 Å². The molecular formula is C12H13ClN4O2S. The molecule has 8 heteroatoms. The highest BCUT2D eigenvalue weighted by Crippen LogP contribution is 2.35. The van der Waals surface area contributed by atoms with Crippen LogP contribution in [0.1, 0.15) is 11.1 Å². The summed E-state index contributed by atoms with van der Waals surface area (Å²) in [6.45, 7) is 0.785. The normalized spacial score (nSPS) is 13.9. The Balaban J connectivity index is 1.84. The van der Waals surface area contributed by atoms with Crippen molar-refractivity contribution in [3.8, 4) is 5.75 Å². The molecule has 2 aromatic rings. The van der Waals surface area contributed by atoms with Gasteiger partial charge in [-0.15, -0.1) is 10.2 Å². The number of halogens is 1. The van der Waals surface area contributed by atoms with E-state index in [2.05, 4.69) is 10.2 Å². The van der Waals surface area contributed by atoms with Gasteiger partial charge in [0.15, 0.2) is 11.9 Å². The first-order valence-electron chi connectivity index (χ1n) is 5.94. The zero-order chi connectivity index (χ0) is 14.1. The lowest BCUT2D eigenvalue weighted by Crippen LogP contribution is -2.13. The highest BCUT2D eigenvalue weighted by Gasteiger charge is 2.17. The molecule has 0 unspecified atom stereocenters. The first-order chi connectivity index (χ1) is 9.65. The molecule has 0 bridgehead atoms. The maximum Gasteiger partial charge on any atom is 0.222 e. The van der Waals surface area contributed by atoms with Gasteiger partial charge in [-0.1, -0.05) is 23.4 Å². The maximum absolute atomic E-state index is 6.13. The van der Waals surface area contributed by atoms with Crippen LogP contribution in [0.5, 0.6) is 5.75 Å². The number of thioether (sulfide) groups is 1. The first-order valence-corrected chi connectivity index (χ1v) is 7.31. The van der Waals surface area contributed by atoms with Crippen LogP contribution >= 0.6 is 23.4 Å². The van der Waals surface area contributed by atoms with Crippen LogP contribution in [0.3, 0.4) is 0 Å². The van der Waals surface area contributed by atoms with Gasteiger partial charge >= 0.3 is 0 Å². The largest absolute Gasteiger partial charge is 0.467 e. The SMILES string of the molecule is Cn1c(N)nnc1SCc1cc(Cl)cc2c1OCOC2. The van der Waals surface area contributed by atoms with Gasteiger partial charge in [0.2, 0.25) is 5.95 Å². The number of nitrogen functional groups attached to an aromatic ring is 1. The molecule has 1 aromatic carbocycles. The molecule has 2 N–H and O–H groups in total.